The van der Waals surface area contributed by atoms with Gasteiger partial charge in [0.05, 0.1) is 7.11 Å². The number of ether oxygens (including phenoxy) is 1. The molecule has 0 radical (unpaired) electrons. The van der Waals surface area contributed by atoms with Crippen LogP contribution in [0.1, 0.15) is 18.5 Å². The minimum Gasteiger partial charge on any atom is -0.494 e. The van der Waals surface area contributed by atoms with Crippen LogP contribution in [-0.4, -0.2) is 20.7 Å². The normalized spacial score (nSPS) is 13.4. The molecule has 1 rings (SSSR count). The Hall–Kier alpha value is -0.850. The third-order valence-corrected chi connectivity index (χ3v) is 4.04. The number of nitrogens with one attached hydrogen (secondary N) is 1. The van der Waals surface area contributed by atoms with Crippen LogP contribution in [0, 0.1) is 5.82 Å². The summed E-state index contributed by atoms with van der Waals surface area (Å²) < 4.78 is 42.9. The van der Waals surface area contributed by atoms with Crippen LogP contribution in [0.5, 0.6) is 5.75 Å². The van der Waals surface area contributed by atoms with Crippen LogP contribution in [0.25, 0.3) is 0 Å². The van der Waals surface area contributed by atoms with Gasteiger partial charge in [0.25, 0.3) is 0 Å². The number of hydrogen-bond donors (Lipinski definition) is 1. The minimum atomic E-state index is -3.53. The molecule has 0 amide bonds. The summed E-state index contributed by atoms with van der Waals surface area (Å²) in [6.45, 7) is 1.60. The van der Waals surface area contributed by atoms with Gasteiger partial charge in [0.1, 0.15) is 5.21 Å². The SMILES string of the molecule is COc1ccc(C(C)NS(=O)(=O)CCl)cc1F. The molecule has 0 saturated carbocycles. The van der Waals surface area contributed by atoms with Gasteiger partial charge in [-0.3, -0.25) is 0 Å². The lowest BCUT2D eigenvalue weighted by Crippen LogP contribution is -2.27. The number of hydrogen-bond acceptors (Lipinski definition) is 3. The second kappa shape index (κ2) is 5.66. The Labute approximate surface area is 105 Å². The summed E-state index contributed by atoms with van der Waals surface area (Å²) in [5.41, 5.74) is 0.497. The zero-order valence-corrected chi connectivity index (χ0v) is 11.0. The molecule has 4 nitrogen and oxygen atoms in total. The first kappa shape index (κ1) is 14.2. The molecule has 1 unspecified atom stereocenters. The van der Waals surface area contributed by atoms with Crippen molar-refractivity contribution >= 4 is 21.6 Å². The predicted octanol–water partition coefficient (Wildman–Crippen LogP) is 2.01. The molecule has 0 aliphatic carbocycles. The van der Waals surface area contributed by atoms with Gasteiger partial charge in [0.2, 0.25) is 10.0 Å². The lowest BCUT2D eigenvalue weighted by Gasteiger charge is -2.14. The summed E-state index contributed by atoms with van der Waals surface area (Å²) in [5.74, 6) is -0.428. The third kappa shape index (κ3) is 3.83. The van der Waals surface area contributed by atoms with Gasteiger partial charge in [0.15, 0.2) is 11.6 Å². The van der Waals surface area contributed by atoms with Crippen LogP contribution in [-0.2, 0) is 10.0 Å². The molecule has 0 heterocycles. The molecule has 1 atom stereocenters. The van der Waals surface area contributed by atoms with E-state index < -0.39 is 27.1 Å². The number of rotatable bonds is 5. The maximum absolute atomic E-state index is 13.4. The molecule has 0 bridgehead atoms. The van der Waals surface area contributed by atoms with Crippen molar-refractivity contribution < 1.29 is 17.5 Å². The zero-order chi connectivity index (χ0) is 13.1. The van der Waals surface area contributed by atoms with Crippen LogP contribution in [0.15, 0.2) is 18.2 Å². The van der Waals surface area contributed by atoms with E-state index in [2.05, 4.69) is 4.72 Å². The van der Waals surface area contributed by atoms with Gasteiger partial charge in [-0.15, -0.1) is 11.6 Å². The van der Waals surface area contributed by atoms with Gasteiger partial charge in [0, 0.05) is 6.04 Å². The smallest absolute Gasteiger partial charge is 0.226 e. The van der Waals surface area contributed by atoms with Crippen LogP contribution in [0.2, 0.25) is 0 Å². The average molecular weight is 282 g/mol. The molecular formula is C10H13ClFNO3S. The maximum Gasteiger partial charge on any atom is 0.226 e. The van der Waals surface area contributed by atoms with Crippen LogP contribution < -0.4 is 9.46 Å². The van der Waals surface area contributed by atoms with Crippen molar-refractivity contribution in [2.24, 2.45) is 0 Å². The molecule has 0 spiro atoms. The van der Waals surface area contributed by atoms with E-state index in [0.717, 1.165) is 0 Å². The molecular weight excluding hydrogens is 269 g/mol. The second-order valence-corrected chi connectivity index (χ2v) is 5.80. The van der Waals surface area contributed by atoms with E-state index in [1.807, 2.05) is 0 Å². The van der Waals surface area contributed by atoms with Gasteiger partial charge >= 0.3 is 0 Å². The third-order valence-electron chi connectivity index (χ3n) is 2.18. The minimum absolute atomic E-state index is 0.112. The fourth-order valence-corrected chi connectivity index (χ4v) is 2.25. The Balaban J connectivity index is 2.90. The average Bonchev–Trinajstić information content (AvgIpc) is 2.28. The van der Waals surface area contributed by atoms with Crippen molar-refractivity contribution in [1.82, 2.24) is 4.72 Å². The fraction of sp³-hybridized carbons (Fsp3) is 0.400. The summed E-state index contributed by atoms with van der Waals surface area (Å²) in [6.07, 6.45) is 0. The van der Waals surface area contributed by atoms with Crippen molar-refractivity contribution in [3.63, 3.8) is 0 Å². The molecule has 96 valence electrons. The Morgan fingerprint density at radius 2 is 2.18 bits per heavy atom. The summed E-state index contributed by atoms with van der Waals surface area (Å²) in [5, 5.41) is -0.532. The van der Waals surface area contributed by atoms with Crippen molar-refractivity contribution in [3.8, 4) is 5.75 Å². The predicted molar refractivity (Wildman–Crippen MR) is 64.1 cm³/mol. The number of alkyl halides is 1. The van der Waals surface area contributed by atoms with Crippen molar-refractivity contribution in [2.75, 3.05) is 12.3 Å². The van der Waals surface area contributed by atoms with E-state index in [-0.39, 0.29) is 5.75 Å². The van der Waals surface area contributed by atoms with Gasteiger partial charge < -0.3 is 4.74 Å². The lowest BCUT2D eigenvalue weighted by atomic mass is 10.1. The van der Waals surface area contributed by atoms with Crippen LogP contribution in [0.4, 0.5) is 4.39 Å². The summed E-state index contributed by atoms with van der Waals surface area (Å²) in [6, 6.07) is 3.69. The Morgan fingerprint density at radius 3 is 2.65 bits per heavy atom. The Kier molecular flexibility index (Phi) is 4.73. The molecule has 7 heteroatoms. The summed E-state index contributed by atoms with van der Waals surface area (Å²) in [7, 11) is -2.17. The molecule has 0 aliphatic heterocycles. The number of halogens is 2. The van der Waals surface area contributed by atoms with E-state index in [0.29, 0.717) is 5.56 Å². The fourth-order valence-electron chi connectivity index (χ4n) is 1.32. The second-order valence-electron chi connectivity index (χ2n) is 3.46. The number of methoxy groups -OCH3 is 1. The first-order chi connectivity index (χ1) is 7.89. The van der Waals surface area contributed by atoms with E-state index in [1.54, 1.807) is 13.0 Å². The maximum atomic E-state index is 13.4. The molecule has 17 heavy (non-hydrogen) atoms. The van der Waals surface area contributed by atoms with Gasteiger partial charge in [-0.25, -0.2) is 17.5 Å². The Bertz CT molecular complexity index is 492. The molecule has 0 aliphatic rings. The topological polar surface area (TPSA) is 55.4 Å². The first-order valence-electron chi connectivity index (χ1n) is 4.79. The quantitative estimate of drug-likeness (QED) is 0.840. The van der Waals surface area contributed by atoms with E-state index in [9.17, 15) is 12.8 Å². The van der Waals surface area contributed by atoms with Crippen molar-refractivity contribution in [3.05, 3.63) is 29.6 Å². The highest BCUT2D eigenvalue weighted by Crippen LogP contribution is 2.22. The van der Waals surface area contributed by atoms with E-state index in [1.165, 1.54) is 19.2 Å². The van der Waals surface area contributed by atoms with Crippen LogP contribution in [0.3, 0.4) is 0 Å². The largest absolute Gasteiger partial charge is 0.494 e. The van der Waals surface area contributed by atoms with Crippen LogP contribution >= 0.6 is 11.6 Å². The summed E-state index contributed by atoms with van der Waals surface area (Å²) >= 11 is 5.26. The van der Waals surface area contributed by atoms with E-state index >= 15 is 0 Å². The number of benzene rings is 1. The zero-order valence-electron chi connectivity index (χ0n) is 9.41. The standard InChI is InChI=1S/C10H13ClFNO3S/c1-7(13-17(14,15)6-11)8-3-4-10(16-2)9(12)5-8/h3-5,7,13H,6H2,1-2H3. The molecule has 1 aromatic rings. The highest BCUT2D eigenvalue weighted by atomic mass is 35.5. The molecule has 1 aromatic carbocycles. The number of sulfonamides is 1. The van der Waals surface area contributed by atoms with Gasteiger partial charge in [-0.05, 0) is 24.6 Å². The molecule has 0 fully saturated rings. The lowest BCUT2D eigenvalue weighted by molar-refractivity contribution is 0.386. The van der Waals surface area contributed by atoms with Crippen molar-refractivity contribution in [1.29, 1.82) is 0 Å². The summed E-state index contributed by atoms with van der Waals surface area (Å²) in [4.78, 5) is 0. The molecule has 0 aromatic heterocycles. The Morgan fingerprint density at radius 1 is 1.53 bits per heavy atom. The monoisotopic (exact) mass is 281 g/mol. The molecule has 0 saturated heterocycles. The first-order valence-corrected chi connectivity index (χ1v) is 6.97. The van der Waals surface area contributed by atoms with Gasteiger partial charge in [-0.1, -0.05) is 6.07 Å². The van der Waals surface area contributed by atoms with E-state index in [4.69, 9.17) is 16.3 Å². The van der Waals surface area contributed by atoms with Crippen molar-refractivity contribution in [2.45, 2.75) is 13.0 Å². The highest BCUT2D eigenvalue weighted by Gasteiger charge is 2.15. The molecule has 1 N–H and O–H groups in total. The highest BCUT2D eigenvalue weighted by molar-refractivity contribution is 7.90. The van der Waals surface area contributed by atoms with Gasteiger partial charge in [-0.2, -0.15) is 0 Å².